The van der Waals surface area contributed by atoms with Crippen LogP contribution in [0.5, 0.6) is 5.75 Å². The highest BCUT2D eigenvalue weighted by molar-refractivity contribution is 6.30. The Kier molecular flexibility index (Phi) is 7.64. The third-order valence-electron chi connectivity index (χ3n) is 3.93. The summed E-state index contributed by atoms with van der Waals surface area (Å²) < 4.78 is 5.20. The van der Waals surface area contributed by atoms with Crippen LogP contribution in [0, 0.1) is 0 Å². The maximum absolute atomic E-state index is 12.4. The molecule has 2 aromatic carbocycles. The number of hydrogen-bond acceptors (Lipinski definition) is 4. The molecule has 0 unspecified atom stereocenters. The Morgan fingerprint density at radius 3 is 2.44 bits per heavy atom. The molecule has 0 aliphatic rings. The molecule has 0 aliphatic heterocycles. The van der Waals surface area contributed by atoms with Gasteiger partial charge in [-0.15, -0.1) is 0 Å². The number of anilines is 1. The van der Waals surface area contributed by atoms with Crippen LogP contribution in [0.4, 0.5) is 5.69 Å². The second-order valence-corrected chi connectivity index (χ2v) is 6.77. The fraction of sp³-hybridized carbons (Fsp3) is 0.300. The van der Waals surface area contributed by atoms with Crippen LogP contribution in [0.3, 0.4) is 0 Å². The van der Waals surface area contributed by atoms with Gasteiger partial charge in [-0.05, 0) is 49.0 Å². The number of nitrogens with zero attached hydrogens (tertiary/aromatic N) is 2. The second kappa shape index (κ2) is 9.94. The molecule has 0 aliphatic carbocycles. The minimum absolute atomic E-state index is 0.0698. The van der Waals surface area contributed by atoms with Gasteiger partial charge in [-0.25, -0.2) is 0 Å². The molecule has 0 radical (unpaired) electrons. The zero-order chi connectivity index (χ0) is 19.8. The van der Waals surface area contributed by atoms with Crippen LogP contribution in [-0.2, 0) is 16.1 Å². The Morgan fingerprint density at radius 2 is 1.78 bits per heavy atom. The standard InChI is InChI=1S/C20H24ClN3O3/c1-23(13-19(25)22-17-9-7-16(21)8-10-17)14-20(26)24(2)12-15-5-4-6-18(11-15)27-3/h4-11H,12-14H2,1-3H3,(H,22,25). The van der Waals surface area contributed by atoms with Gasteiger partial charge in [0.25, 0.3) is 0 Å². The molecule has 0 saturated carbocycles. The van der Waals surface area contributed by atoms with E-state index in [1.807, 2.05) is 24.3 Å². The molecule has 0 fully saturated rings. The van der Waals surface area contributed by atoms with Crippen LogP contribution in [0.25, 0.3) is 0 Å². The van der Waals surface area contributed by atoms with E-state index < -0.39 is 0 Å². The number of carbonyl (C=O) groups excluding carboxylic acids is 2. The predicted molar refractivity (Wildman–Crippen MR) is 107 cm³/mol. The Hall–Kier alpha value is -2.57. The molecule has 144 valence electrons. The largest absolute Gasteiger partial charge is 0.497 e. The van der Waals surface area contributed by atoms with Gasteiger partial charge in [0.2, 0.25) is 11.8 Å². The monoisotopic (exact) mass is 389 g/mol. The van der Waals surface area contributed by atoms with Gasteiger partial charge in [-0.2, -0.15) is 0 Å². The summed E-state index contributed by atoms with van der Waals surface area (Å²) in [5.41, 5.74) is 1.65. The molecule has 7 heteroatoms. The molecule has 0 aromatic heterocycles. The lowest BCUT2D eigenvalue weighted by Gasteiger charge is -2.22. The van der Waals surface area contributed by atoms with Crippen molar-refractivity contribution in [2.24, 2.45) is 0 Å². The third-order valence-corrected chi connectivity index (χ3v) is 4.18. The summed E-state index contributed by atoms with van der Waals surface area (Å²) in [4.78, 5) is 27.8. The van der Waals surface area contributed by atoms with Crippen molar-refractivity contribution in [3.05, 3.63) is 59.1 Å². The van der Waals surface area contributed by atoms with Crippen LogP contribution in [0.15, 0.2) is 48.5 Å². The average molecular weight is 390 g/mol. The first kappa shape index (κ1) is 20.7. The molecule has 2 rings (SSSR count). The van der Waals surface area contributed by atoms with Crippen LogP contribution < -0.4 is 10.1 Å². The summed E-state index contributed by atoms with van der Waals surface area (Å²) in [6, 6.07) is 14.5. The fourth-order valence-corrected chi connectivity index (χ4v) is 2.65. The molecule has 2 amide bonds. The van der Waals surface area contributed by atoms with E-state index in [4.69, 9.17) is 16.3 Å². The zero-order valence-corrected chi connectivity index (χ0v) is 16.5. The summed E-state index contributed by atoms with van der Waals surface area (Å²) in [6.07, 6.45) is 0. The van der Waals surface area contributed by atoms with E-state index in [1.54, 1.807) is 55.3 Å². The van der Waals surface area contributed by atoms with Gasteiger partial charge in [-0.3, -0.25) is 14.5 Å². The summed E-state index contributed by atoms with van der Waals surface area (Å²) in [6.45, 7) is 0.733. The highest BCUT2D eigenvalue weighted by Gasteiger charge is 2.15. The van der Waals surface area contributed by atoms with Crippen molar-refractivity contribution in [1.29, 1.82) is 0 Å². The van der Waals surface area contributed by atoms with Gasteiger partial charge in [0.15, 0.2) is 0 Å². The highest BCUT2D eigenvalue weighted by atomic mass is 35.5. The molecule has 6 nitrogen and oxygen atoms in total. The second-order valence-electron chi connectivity index (χ2n) is 6.33. The van der Waals surface area contributed by atoms with E-state index in [2.05, 4.69) is 5.32 Å². The number of benzene rings is 2. The Morgan fingerprint density at radius 1 is 1.07 bits per heavy atom. The molecule has 0 heterocycles. The Labute approximate surface area is 164 Å². The predicted octanol–water partition coefficient (Wildman–Crippen LogP) is 2.88. The Balaban J connectivity index is 1.81. The molecular formula is C20H24ClN3O3. The molecule has 0 saturated heterocycles. The summed E-state index contributed by atoms with van der Waals surface area (Å²) in [5, 5.41) is 3.38. The topological polar surface area (TPSA) is 61.9 Å². The maximum Gasteiger partial charge on any atom is 0.238 e. The number of nitrogens with one attached hydrogen (secondary N) is 1. The number of halogens is 1. The van der Waals surface area contributed by atoms with Crippen molar-refractivity contribution in [1.82, 2.24) is 9.80 Å². The lowest BCUT2D eigenvalue weighted by atomic mass is 10.2. The first-order valence-corrected chi connectivity index (χ1v) is 8.86. The normalized spacial score (nSPS) is 10.6. The van der Waals surface area contributed by atoms with E-state index in [0.717, 1.165) is 11.3 Å². The number of hydrogen-bond donors (Lipinski definition) is 1. The average Bonchev–Trinajstić information content (AvgIpc) is 2.63. The summed E-state index contributed by atoms with van der Waals surface area (Å²) in [7, 11) is 5.08. The third kappa shape index (κ3) is 6.92. The number of carbonyl (C=O) groups is 2. The fourth-order valence-electron chi connectivity index (χ4n) is 2.52. The number of amides is 2. The Bertz CT molecular complexity index is 780. The minimum Gasteiger partial charge on any atom is -0.497 e. The van der Waals surface area contributed by atoms with E-state index in [1.165, 1.54) is 0 Å². The first-order valence-electron chi connectivity index (χ1n) is 8.48. The summed E-state index contributed by atoms with van der Waals surface area (Å²) >= 11 is 5.82. The van der Waals surface area contributed by atoms with Gasteiger partial charge < -0.3 is 15.0 Å². The smallest absolute Gasteiger partial charge is 0.238 e. The van der Waals surface area contributed by atoms with Gasteiger partial charge in [-0.1, -0.05) is 23.7 Å². The quantitative estimate of drug-likeness (QED) is 0.754. The van der Waals surface area contributed by atoms with Gasteiger partial charge in [0.05, 0.1) is 20.2 Å². The van der Waals surface area contributed by atoms with Crippen molar-refractivity contribution < 1.29 is 14.3 Å². The number of methoxy groups -OCH3 is 1. The van der Waals surface area contributed by atoms with Crippen molar-refractivity contribution in [3.8, 4) is 5.75 Å². The first-order chi connectivity index (χ1) is 12.9. The molecular weight excluding hydrogens is 366 g/mol. The van der Waals surface area contributed by atoms with E-state index in [-0.39, 0.29) is 24.9 Å². The molecule has 0 atom stereocenters. The number of ether oxygens (including phenoxy) is 1. The lowest BCUT2D eigenvalue weighted by molar-refractivity contribution is -0.131. The molecule has 0 bridgehead atoms. The van der Waals surface area contributed by atoms with Crippen LogP contribution in [0.2, 0.25) is 5.02 Å². The zero-order valence-electron chi connectivity index (χ0n) is 15.7. The van der Waals surface area contributed by atoms with Gasteiger partial charge in [0.1, 0.15) is 5.75 Å². The van der Waals surface area contributed by atoms with Crippen LogP contribution in [0.1, 0.15) is 5.56 Å². The van der Waals surface area contributed by atoms with Crippen LogP contribution >= 0.6 is 11.6 Å². The lowest BCUT2D eigenvalue weighted by Crippen LogP contribution is -2.39. The molecule has 2 aromatic rings. The van der Waals surface area contributed by atoms with Crippen molar-refractivity contribution in [2.45, 2.75) is 6.54 Å². The van der Waals surface area contributed by atoms with Gasteiger partial charge >= 0.3 is 0 Å². The van der Waals surface area contributed by atoms with Crippen molar-refractivity contribution >= 4 is 29.1 Å². The molecule has 27 heavy (non-hydrogen) atoms. The number of rotatable bonds is 8. The van der Waals surface area contributed by atoms with E-state index >= 15 is 0 Å². The summed E-state index contributed by atoms with van der Waals surface area (Å²) in [5.74, 6) is 0.493. The van der Waals surface area contributed by atoms with E-state index in [9.17, 15) is 9.59 Å². The molecule has 1 N–H and O–H groups in total. The van der Waals surface area contributed by atoms with Crippen molar-refractivity contribution in [2.75, 3.05) is 39.6 Å². The van der Waals surface area contributed by atoms with Crippen molar-refractivity contribution in [3.63, 3.8) is 0 Å². The minimum atomic E-state index is -0.192. The van der Waals surface area contributed by atoms with Crippen LogP contribution in [-0.4, -0.2) is 55.9 Å². The highest BCUT2D eigenvalue weighted by Crippen LogP contribution is 2.14. The maximum atomic E-state index is 12.4. The molecule has 0 spiro atoms. The van der Waals surface area contributed by atoms with Gasteiger partial charge in [0, 0.05) is 24.3 Å². The SMILES string of the molecule is COc1cccc(CN(C)C(=O)CN(C)CC(=O)Nc2ccc(Cl)cc2)c1. The number of likely N-dealkylation sites (N-methyl/N-ethyl adjacent to an activating group) is 2. The van der Waals surface area contributed by atoms with E-state index in [0.29, 0.717) is 17.3 Å².